The van der Waals surface area contributed by atoms with Gasteiger partial charge in [-0.25, -0.2) is 4.79 Å². The molecular weight excluding hydrogens is 506 g/mol. The van der Waals surface area contributed by atoms with Crippen LogP contribution in [0.2, 0.25) is 0 Å². The van der Waals surface area contributed by atoms with E-state index in [0.717, 1.165) is 35.8 Å². The molecule has 3 aliphatic carbocycles. The number of nitrogens with zero attached hydrogens (tertiary/aromatic N) is 1. The minimum absolute atomic E-state index is 0.0105. The molecule has 0 aromatic heterocycles. The second kappa shape index (κ2) is 10.3. The average molecular weight is 550 g/mol. The van der Waals surface area contributed by atoms with Gasteiger partial charge in [0.1, 0.15) is 5.60 Å². The zero-order chi connectivity index (χ0) is 28.2. The van der Waals surface area contributed by atoms with Crippen molar-refractivity contribution in [2.24, 2.45) is 11.8 Å². The van der Waals surface area contributed by atoms with E-state index in [1.54, 1.807) is 11.1 Å². The molecule has 0 bridgehead atoms. The minimum atomic E-state index is -1.34. The van der Waals surface area contributed by atoms with Gasteiger partial charge in [-0.15, -0.1) is 0 Å². The van der Waals surface area contributed by atoms with E-state index < -0.39 is 11.6 Å². The molecule has 2 unspecified atom stereocenters. The highest BCUT2D eigenvalue weighted by Gasteiger charge is 2.81. The number of benzene rings is 3. The summed E-state index contributed by atoms with van der Waals surface area (Å²) in [6.07, 6.45) is 7.01. The van der Waals surface area contributed by atoms with Crippen molar-refractivity contribution in [2.75, 3.05) is 6.54 Å². The monoisotopic (exact) mass is 549 g/mol. The Kier molecular flexibility index (Phi) is 6.71. The fraction of sp³-hybridized carbons (Fsp3) is 0.472. The normalized spacial score (nSPS) is 30.1. The maximum Gasteiger partial charge on any atom is 0.315 e. The number of aliphatic hydroxyl groups is 1. The molecule has 3 aromatic rings. The van der Waals surface area contributed by atoms with Crippen LogP contribution in [0.25, 0.3) is 0 Å². The predicted molar refractivity (Wildman–Crippen MR) is 163 cm³/mol. The van der Waals surface area contributed by atoms with Gasteiger partial charge in [-0.1, -0.05) is 98.8 Å². The van der Waals surface area contributed by atoms with Crippen LogP contribution in [0, 0.1) is 11.8 Å². The Balaban J connectivity index is 0.938. The quantitative estimate of drug-likeness (QED) is 0.267. The summed E-state index contributed by atoms with van der Waals surface area (Å²) in [7, 11) is 0. The van der Waals surface area contributed by atoms with E-state index in [2.05, 4.69) is 53.6 Å². The van der Waals surface area contributed by atoms with E-state index in [-0.39, 0.29) is 18.0 Å². The van der Waals surface area contributed by atoms with E-state index >= 15 is 0 Å². The van der Waals surface area contributed by atoms with Crippen LogP contribution in [-0.4, -0.2) is 40.2 Å². The lowest BCUT2D eigenvalue weighted by molar-refractivity contribution is 0.0232. The predicted octanol–water partition coefficient (Wildman–Crippen LogP) is 6.49. The summed E-state index contributed by atoms with van der Waals surface area (Å²) in [5.41, 5.74) is 3.92. The number of carbonyl (C=O) groups is 1. The number of nitrogens with one attached hydrogen (secondary N) is 2. The lowest BCUT2D eigenvalue weighted by atomic mass is 9.76. The Morgan fingerprint density at radius 3 is 2.10 bits per heavy atom. The second-order valence-electron chi connectivity index (χ2n) is 13.3. The van der Waals surface area contributed by atoms with Crippen LogP contribution in [0.4, 0.5) is 4.79 Å². The molecule has 1 saturated heterocycles. The highest BCUT2D eigenvalue weighted by Crippen LogP contribution is 2.81. The Morgan fingerprint density at radius 1 is 0.902 bits per heavy atom. The number of hydrogen-bond acceptors (Lipinski definition) is 3. The third-order valence-electron chi connectivity index (χ3n) is 10.7. The molecule has 214 valence electrons. The molecule has 5 atom stereocenters. The van der Waals surface area contributed by atoms with Crippen LogP contribution >= 0.6 is 0 Å². The van der Waals surface area contributed by atoms with Crippen molar-refractivity contribution in [1.82, 2.24) is 15.5 Å². The van der Waals surface area contributed by atoms with Crippen LogP contribution in [-0.2, 0) is 5.60 Å². The van der Waals surface area contributed by atoms with Gasteiger partial charge in [0, 0.05) is 17.5 Å². The molecule has 41 heavy (non-hydrogen) atoms. The van der Waals surface area contributed by atoms with E-state index in [1.165, 1.54) is 32.2 Å². The van der Waals surface area contributed by atoms with Gasteiger partial charge in [-0.2, -0.15) is 0 Å². The maximum absolute atomic E-state index is 13.4. The average Bonchev–Trinajstić information content (AvgIpc) is 3.88. The molecule has 0 radical (unpaired) electrons. The molecule has 2 saturated carbocycles. The number of amides is 2. The highest BCUT2D eigenvalue weighted by molar-refractivity contribution is 5.75. The molecule has 3 fully saturated rings. The van der Waals surface area contributed by atoms with Gasteiger partial charge in [0.05, 0.1) is 12.1 Å². The number of carbonyl (C=O) groups excluding carboxylic acids is 1. The fourth-order valence-electron chi connectivity index (χ4n) is 8.47. The Labute approximate surface area is 244 Å². The first kappa shape index (κ1) is 26.7. The van der Waals surface area contributed by atoms with Crippen molar-refractivity contribution in [3.63, 3.8) is 0 Å². The van der Waals surface area contributed by atoms with Gasteiger partial charge in [0.15, 0.2) is 0 Å². The van der Waals surface area contributed by atoms with E-state index in [9.17, 15) is 9.90 Å². The molecule has 3 aromatic carbocycles. The molecular formula is C36H43N3O2. The number of rotatable bonds is 9. The van der Waals surface area contributed by atoms with E-state index in [4.69, 9.17) is 0 Å². The van der Waals surface area contributed by atoms with Crippen molar-refractivity contribution in [3.05, 3.63) is 107 Å². The standard InChI is InChI=1S/C36H43N3O2/c1-24(2)32(36(41,26-11-5-3-6-12-26)27-13-7-4-8-14-27)38-34(40)37-28-19-17-25(18-20-28)21-22-39-33-30-16-10-9-15-29(30)31-23-35(31,33)39/h3-16,24-25,28,31-33,41H,17-23H2,1-2H3,(H2,37,38,40)/t25?,28?,31-,32-,33-,35?,39?/m1/s1. The summed E-state index contributed by atoms with van der Waals surface area (Å²) >= 11 is 0. The summed E-state index contributed by atoms with van der Waals surface area (Å²) in [6.45, 7) is 5.32. The van der Waals surface area contributed by atoms with Crippen molar-refractivity contribution in [2.45, 2.75) is 87.6 Å². The Hall–Kier alpha value is -3.15. The maximum atomic E-state index is 13.4. The largest absolute Gasteiger partial charge is 0.378 e. The van der Waals surface area contributed by atoms with Gasteiger partial charge >= 0.3 is 6.03 Å². The van der Waals surface area contributed by atoms with E-state index in [1.807, 2.05) is 60.7 Å². The lowest BCUT2D eigenvalue weighted by Gasteiger charge is -2.40. The summed E-state index contributed by atoms with van der Waals surface area (Å²) in [5.74, 6) is 1.54. The molecule has 7 rings (SSSR count). The van der Waals surface area contributed by atoms with Gasteiger partial charge < -0.3 is 15.7 Å². The molecule has 5 heteroatoms. The van der Waals surface area contributed by atoms with Crippen molar-refractivity contribution < 1.29 is 9.90 Å². The molecule has 1 aliphatic heterocycles. The minimum Gasteiger partial charge on any atom is -0.378 e. The second-order valence-corrected chi connectivity index (χ2v) is 13.3. The topological polar surface area (TPSA) is 64.4 Å². The van der Waals surface area contributed by atoms with Crippen LogP contribution in [0.1, 0.15) is 86.6 Å². The molecule has 1 spiro atoms. The fourth-order valence-corrected chi connectivity index (χ4v) is 8.47. The van der Waals surface area contributed by atoms with Crippen molar-refractivity contribution in [3.8, 4) is 0 Å². The number of hydrogen-bond donors (Lipinski definition) is 3. The molecule has 5 nitrogen and oxygen atoms in total. The van der Waals surface area contributed by atoms with Crippen molar-refractivity contribution >= 4 is 6.03 Å². The molecule has 3 N–H and O–H groups in total. The number of fused-ring (bicyclic) bond motifs is 3. The van der Waals surface area contributed by atoms with Gasteiger partial charge in [-0.3, -0.25) is 4.90 Å². The SMILES string of the molecule is CC(C)[C@@H](NC(=O)NC1CCC(CCN2[C@@H]3c4ccccc4[C@H]4CC432)CC1)C(O)(c1ccccc1)c1ccccc1. The third kappa shape index (κ3) is 4.49. The van der Waals surface area contributed by atoms with Crippen LogP contribution in [0.5, 0.6) is 0 Å². The Morgan fingerprint density at radius 2 is 1.49 bits per heavy atom. The summed E-state index contributed by atoms with van der Waals surface area (Å²) in [5, 5.41) is 18.7. The first-order valence-corrected chi connectivity index (χ1v) is 15.7. The highest BCUT2D eigenvalue weighted by atomic mass is 16.3. The van der Waals surface area contributed by atoms with Gasteiger partial charge in [-0.05, 0) is 79.2 Å². The zero-order valence-electron chi connectivity index (χ0n) is 24.3. The summed E-state index contributed by atoms with van der Waals surface area (Å²) in [4.78, 5) is 16.1. The first-order chi connectivity index (χ1) is 19.9. The molecule has 4 aliphatic rings. The van der Waals surface area contributed by atoms with Crippen LogP contribution in [0.3, 0.4) is 0 Å². The van der Waals surface area contributed by atoms with Crippen LogP contribution < -0.4 is 10.6 Å². The lowest BCUT2D eigenvalue weighted by Crippen LogP contribution is -2.57. The van der Waals surface area contributed by atoms with Gasteiger partial charge in [0.2, 0.25) is 0 Å². The third-order valence-corrected chi connectivity index (χ3v) is 10.7. The van der Waals surface area contributed by atoms with Crippen molar-refractivity contribution in [1.29, 1.82) is 0 Å². The van der Waals surface area contributed by atoms with E-state index in [0.29, 0.717) is 11.6 Å². The van der Waals surface area contributed by atoms with Gasteiger partial charge in [0.25, 0.3) is 0 Å². The smallest absolute Gasteiger partial charge is 0.315 e. The first-order valence-electron chi connectivity index (χ1n) is 15.7. The summed E-state index contributed by atoms with van der Waals surface area (Å²) < 4.78 is 0. The van der Waals surface area contributed by atoms with Crippen LogP contribution in [0.15, 0.2) is 84.9 Å². The zero-order valence-corrected chi connectivity index (χ0v) is 24.3. The number of urea groups is 1. The Bertz CT molecular complexity index is 1340. The summed E-state index contributed by atoms with van der Waals surface area (Å²) in [6, 6.07) is 28.7. The molecule has 2 amide bonds. The molecule has 1 heterocycles.